The lowest BCUT2D eigenvalue weighted by atomic mass is 9.87. The summed E-state index contributed by atoms with van der Waals surface area (Å²) in [6.07, 6.45) is 4.90. The van der Waals surface area contributed by atoms with E-state index in [9.17, 15) is 4.79 Å². The number of anilines is 1. The van der Waals surface area contributed by atoms with Gasteiger partial charge in [0.25, 0.3) is 5.91 Å². The Balaban J connectivity index is 1.86. The molecule has 1 saturated heterocycles. The number of halogens is 1. The third-order valence-corrected chi connectivity index (χ3v) is 4.50. The van der Waals surface area contributed by atoms with E-state index in [-0.39, 0.29) is 5.91 Å². The largest absolute Gasteiger partial charge is 0.495 e. The maximum Gasteiger partial charge on any atom is 0.252 e. The van der Waals surface area contributed by atoms with Crippen molar-refractivity contribution in [3.63, 3.8) is 0 Å². The molecule has 23 heavy (non-hydrogen) atoms. The second-order valence-electron chi connectivity index (χ2n) is 5.54. The number of hydrogen-bond acceptors (Lipinski definition) is 4. The summed E-state index contributed by atoms with van der Waals surface area (Å²) in [6.45, 7) is 1.55. The van der Waals surface area contributed by atoms with Crippen LogP contribution in [-0.4, -0.2) is 35.9 Å². The number of hydrogen-bond donors (Lipinski definition) is 2. The molecule has 0 radical (unpaired) electrons. The van der Waals surface area contributed by atoms with Crippen LogP contribution in [0.2, 0.25) is 5.02 Å². The van der Waals surface area contributed by atoms with Gasteiger partial charge in [0, 0.05) is 18.1 Å². The van der Waals surface area contributed by atoms with Crippen LogP contribution in [0.5, 0.6) is 5.75 Å². The van der Waals surface area contributed by atoms with Crippen molar-refractivity contribution in [2.45, 2.75) is 18.4 Å². The summed E-state index contributed by atoms with van der Waals surface area (Å²) in [5.74, 6) is 0.497. The van der Waals surface area contributed by atoms with E-state index in [1.54, 1.807) is 36.2 Å². The lowest BCUT2D eigenvalue weighted by molar-refractivity contribution is -0.126. The average molecular weight is 335 g/mol. The van der Waals surface area contributed by atoms with E-state index in [0.717, 1.165) is 13.1 Å². The van der Waals surface area contributed by atoms with Crippen LogP contribution in [0.4, 0.5) is 5.69 Å². The third-order valence-electron chi connectivity index (χ3n) is 4.21. The first-order valence-corrected chi connectivity index (χ1v) is 7.89. The molecule has 1 amide bonds. The number of carbonyl (C=O) groups excluding carboxylic acids is 1. The van der Waals surface area contributed by atoms with Gasteiger partial charge < -0.3 is 15.4 Å². The number of benzene rings is 1. The van der Waals surface area contributed by atoms with Crippen molar-refractivity contribution in [3.05, 3.63) is 41.7 Å². The number of ether oxygens (including phenoxy) is 1. The minimum Gasteiger partial charge on any atom is -0.495 e. The molecule has 3 rings (SSSR count). The number of piperidine rings is 1. The molecule has 1 aliphatic heterocycles. The van der Waals surface area contributed by atoms with E-state index < -0.39 is 5.54 Å². The molecule has 2 aromatic rings. The highest BCUT2D eigenvalue weighted by Gasteiger charge is 2.42. The fourth-order valence-electron chi connectivity index (χ4n) is 2.91. The van der Waals surface area contributed by atoms with Gasteiger partial charge >= 0.3 is 0 Å². The molecule has 7 heteroatoms. The summed E-state index contributed by atoms with van der Waals surface area (Å²) in [4.78, 5) is 13.0. The zero-order chi connectivity index (χ0) is 16.3. The topological polar surface area (TPSA) is 68.2 Å². The third kappa shape index (κ3) is 3.04. The van der Waals surface area contributed by atoms with Crippen molar-refractivity contribution >= 4 is 23.2 Å². The number of nitrogens with one attached hydrogen (secondary N) is 2. The molecule has 2 N–H and O–H groups in total. The van der Waals surface area contributed by atoms with Gasteiger partial charge in [-0.05, 0) is 50.2 Å². The quantitative estimate of drug-likeness (QED) is 0.900. The van der Waals surface area contributed by atoms with Gasteiger partial charge in [0.15, 0.2) is 0 Å². The number of rotatable bonds is 4. The van der Waals surface area contributed by atoms with E-state index in [1.165, 1.54) is 0 Å². The molecule has 1 fully saturated rings. The fraction of sp³-hybridized carbons (Fsp3) is 0.375. The van der Waals surface area contributed by atoms with Gasteiger partial charge in [-0.3, -0.25) is 9.48 Å². The lowest BCUT2D eigenvalue weighted by Gasteiger charge is -2.36. The SMILES string of the molecule is COc1ccc(NC(=O)C2(n3cccn3)CCNCC2)cc1Cl. The van der Waals surface area contributed by atoms with E-state index in [2.05, 4.69) is 15.7 Å². The second-order valence-corrected chi connectivity index (χ2v) is 5.94. The highest BCUT2D eigenvalue weighted by molar-refractivity contribution is 6.32. The molecule has 0 saturated carbocycles. The van der Waals surface area contributed by atoms with Crippen molar-refractivity contribution in [1.82, 2.24) is 15.1 Å². The predicted molar refractivity (Wildman–Crippen MR) is 88.9 cm³/mol. The Morgan fingerprint density at radius 3 is 2.83 bits per heavy atom. The molecule has 1 aliphatic rings. The van der Waals surface area contributed by atoms with Crippen LogP contribution in [0, 0.1) is 0 Å². The Hall–Kier alpha value is -2.05. The van der Waals surface area contributed by atoms with Crippen molar-refractivity contribution in [2.24, 2.45) is 0 Å². The Bertz CT molecular complexity index is 681. The summed E-state index contributed by atoms with van der Waals surface area (Å²) in [7, 11) is 1.56. The Morgan fingerprint density at radius 2 is 2.22 bits per heavy atom. The van der Waals surface area contributed by atoms with Crippen molar-refractivity contribution in [3.8, 4) is 5.75 Å². The van der Waals surface area contributed by atoms with Crippen LogP contribution in [0.1, 0.15) is 12.8 Å². The van der Waals surface area contributed by atoms with Gasteiger partial charge in [0.05, 0.1) is 12.1 Å². The first-order chi connectivity index (χ1) is 11.2. The molecule has 0 aliphatic carbocycles. The number of aromatic nitrogens is 2. The maximum absolute atomic E-state index is 13.0. The summed E-state index contributed by atoms with van der Waals surface area (Å²) >= 11 is 6.13. The summed E-state index contributed by atoms with van der Waals surface area (Å²) in [6, 6.07) is 7.04. The Kier molecular flexibility index (Phi) is 4.54. The molecule has 0 bridgehead atoms. The van der Waals surface area contributed by atoms with Gasteiger partial charge in [-0.1, -0.05) is 11.6 Å². The summed E-state index contributed by atoms with van der Waals surface area (Å²) in [5, 5.41) is 11.0. The van der Waals surface area contributed by atoms with Gasteiger partial charge in [0.2, 0.25) is 0 Å². The molecule has 2 heterocycles. The van der Waals surface area contributed by atoms with Gasteiger partial charge in [-0.15, -0.1) is 0 Å². The number of nitrogens with zero attached hydrogens (tertiary/aromatic N) is 2. The smallest absolute Gasteiger partial charge is 0.252 e. The molecule has 1 aromatic carbocycles. The van der Waals surface area contributed by atoms with Crippen LogP contribution in [0.3, 0.4) is 0 Å². The van der Waals surface area contributed by atoms with E-state index in [0.29, 0.717) is 29.3 Å². The van der Waals surface area contributed by atoms with Crippen LogP contribution in [0.25, 0.3) is 0 Å². The first kappa shape index (κ1) is 15.8. The van der Waals surface area contributed by atoms with Crippen LogP contribution >= 0.6 is 11.6 Å². The molecule has 6 nitrogen and oxygen atoms in total. The van der Waals surface area contributed by atoms with Crippen LogP contribution < -0.4 is 15.4 Å². The molecule has 0 spiro atoms. The van der Waals surface area contributed by atoms with E-state index in [4.69, 9.17) is 16.3 Å². The van der Waals surface area contributed by atoms with Crippen molar-refractivity contribution in [2.75, 3.05) is 25.5 Å². The number of amides is 1. The molecular formula is C16H19ClN4O2. The predicted octanol–water partition coefficient (Wildman–Crippen LogP) is 2.26. The normalized spacial score (nSPS) is 16.8. The maximum atomic E-state index is 13.0. The van der Waals surface area contributed by atoms with Crippen LogP contribution in [0.15, 0.2) is 36.7 Å². The zero-order valence-electron chi connectivity index (χ0n) is 12.9. The number of carbonyl (C=O) groups is 1. The first-order valence-electron chi connectivity index (χ1n) is 7.51. The fourth-order valence-corrected chi connectivity index (χ4v) is 3.17. The van der Waals surface area contributed by atoms with Gasteiger partial charge in [-0.2, -0.15) is 5.10 Å². The molecule has 0 atom stereocenters. The van der Waals surface area contributed by atoms with Crippen molar-refractivity contribution < 1.29 is 9.53 Å². The molecule has 0 unspecified atom stereocenters. The Labute approximate surface area is 139 Å². The second kappa shape index (κ2) is 6.60. The van der Waals surface area contributed by atoms with Gasteiger partial charge in [-0.25, -0.2) is 0 Å². The zero-order valence-corrected chi connectivity index (χ0v) is 13.6. The monoisotopic (exact) mass is 334 g/mol. The minimum absolute atomic E-state index is 0.0797. The highest BCUT2D eigenvalue weighted by Crippen LogP contribution is 2.31. The molecule has 1 aromatic heterocycles. The average Bonchev–Trinajstić information content (AvgIpc) is 3.10. The number of methoxy groups -OCH3 is 1. The minimum atomic E-state index is -0.679. The van der Waals surface area contributed by atoms with E-state index in [1.807, 2.05) is 12.3 Å². The van der Waals surface area contributed by atoms with Gasteiger partial charge in [0.1, 0.15) is 11.3 Å². The standard InChI is InChI=1S/C16H19ClN4O2/c1-23-14-4-3-12(11-13(14)17)20-15(22)16(5-8-18-9-6-16)21-10-2-7-19-21/h2-4,7,10-11,18H,5-6,8-9H2,1H3,(H,20,22). The highest BCUT2D eigenvalue weighted by atomic mass is 35.5. The lowest BCUT2D eigenvalue weighted by Crippen LogP contribution is -2.52. The molecular weight excluding hydrogens is 316 g/mol. The Morgan fingerprint density at radius 1 is 1.43 bits per heavy atom. The summed E-state index contributed by atoms with van der Waals surface area (Å²) in [5.41, 5.74) is -0.0351. The summed E-state index contributed by atoms with van der Waals surface area (Å²) < 4.78 is 6.89. The molecule has 122 valence electrons. The van der Waals surface area contributed by atoms with E-state index >= 15 is 0 Å². The van der Waals surface area contributed by atoms with Crippen molar-refractivity contribution in [1.29, 1.82) is 0 Å². The van der Waals surface area contributed by atoms with Crippen LogP contribution in [-0.2, 0) is 10.3 Å².